The fraction of sp³-hybridized carbons (Fsp3) is 0. The van der Waals surface area contributed by atoms with Gasteiger partial charge in [0.2, 0.25) is 0 Å². The van der Waals surface area contributed by atoms with Crippen molar-refractivity contribution in [1.82, 2.24) is 9.97 Å². The van der Waals surface area contributed by atoms with Crippen LogP contribution in [-0.4, -0.2) is 9.97 Å². The first kappa shape index (κ1) is 14.2. The van der Waals surface area contributed by atoms with E-state index in [1.165, 1.54) is 11.6 Å². The number of nitrogens with zero attached hydrogens (tertiary/aromatic N) is 1. The molecule has 0 saturated carbocycles. The van der Waals surface area contributed by atoms with E-state index in [1.807, 2.05) is 30.3 Å². The van der Waals surface area contributed by atoms with Crippen molar-refractivity contribution < 1.29 is 4.39 Å². The number of nitrogens with one attached hydrogen (secondary N) is 1. The third kappa shape index (κ3) is 2.66. The Morgan fingerprint density at radius 3 is 2.22 bits per heavy atom. The number of halogens is 2. The van der Waals surface area contributed by atoms with Crippen molar-refractivity contribution in [1.29, 1.82) is 0 Å². The number of aromatic nitrogens is 2. The minimum Gasteiger partial charge on any atom is -0.338 e. The zero-order valence-electron chi connectivity index (χ0n) is 12.1. The van der Waals surface area contributed by atoms with Crippen LogP contribution in [0.3, 0.4) is 0 Å². The lowest BCUT2D eigenvalue weighted by molar-refractivity contribution is 0.623. The van der Waals surface area contributed by atoms with E-state index >= 15 is 0 Å². The Hall–Kier alpha value is -2.46. The van der Waals surface area contributed by atoms with E-state index in [0.717, 1.165) is 22.5 Å². The van der Waals surface area contributed by atoms with Gasteiger partial charge in [0, 0.05) is 11.6 Å². The average molecular weight is 367 g/mol. The highest BCUT2D eigenvalue weighted by molar-refractivity contribution is 9.10. The molecule has 112 valence electrons. The lowest BCUT2D eigenvalue weighted by Gasteiger charge is -2.02. The van der Waals surface area contributed by atoms with E-state index in [0.29, 0.717) is 9.99 Å². The first-order chi connectivity index (χ1) is 11.2. The van der Waals surface area contributed by atoms with Gasteiger partial charge in [-0.1, -0.05) is 54.6 Å². The zero-order chi connectivity index (χ0) is 15.8. The standard InChI is InChI=1S/C19H12BrFN2/c20-15-10-17-18(11-16(15)21)23-19(22-17)14-8-6-13(7-9-14)12-4-2-1-3-5-12/h1-11H,(H,22,23). The second kappa shape index (κ2) is 5.63. The predicted octanol–water partition coefficient (Wildman–Crippen LogP) is 5.80. The van der Waals surface area contributed by atoms with Crippen LogP contribution in [0.1, 0.15) is 0 Å². The maximum Gasteiger partial charge on any atom is 0.139 e. The van der Waals surface area contributed by atoms with Crippen LogP contribution in [0.4, 0.5) is 4.39 Å². The van der Waals surface area contributed by atoms with Gasteiger partial charge < -0.3 is 4.98 Å². The van der Waals surface area contributed by atoms with Crippen molar-refractivity contribution >= 4 is 27.0 Å². The molecule has 0 unspecified atom stereocenters. The number of rotatable bonds is 2. The SMILES string of the molecule is Fc1cc2nc(-c3ccc(-c4ccccc4)cc3)[nH]c2cc1Br. The van der Waals surface area contributed by atoms with Gasteiger partial charge in [0.25, 0.3) is 0 Å². The molecular formula is C19H12BrFN2. The number of H-pyrrole nitrogens is 1. The maximum atomic E-state index is 13.6. The summed E-state index contributed by atoms with van der Waals surface area (Å²) in [6, 6.07) is 21.5. The predicted molar refractivity (Wildman–Crippen MR) is 94.6 cm³/mol. The summed E-state index contributed by atoms with van der Waals surface area (Å²) < 4.78 is 14.0. The summed E-state index contributed by atoms with van der Waals surface area (Å²) in [4.78, 5) is 7.70. The molecule has 2 nitrogen and oxygen atoms in total. The molecule has 0 amide bonds. The summed E-state index contributed by atoms with van der Waals surface area (Å²) in [5.74, 6) is 0.423. The summed E-state index contributed by atoms with van der Waals surface area (Å²) >= 11 is 3.19. The Morgan fingerprint density at radius 2 is 1.48 bits per heavy atom. The lowest BCUT2D eigenvalue weighted by atomic mass is 10.0. The van der Waals surface area contributed by atoms with Crippen LogP contribution in [0.2, 0.25) is 0 Å². The van der Waals surface area contributed by atoms with E-state index < -0.39 is 0 Å². The van der Waals surface area contributed by atoms with Gasteiger partial charge in [-0.25, -0.2) is 9.37 Å². The molecule has 0 fully saturated rings. The molecule has 0 radical (unpaired) electrons. The van der Waals surface area contributed by atoms with Crippen LogP contribution in [0.15, 0.2) is 71.2 Å². The number of hydrogen-bond acceptors (Lipinski definition) is 1. The van der Waals surface area contributed by atoms with Gasteiger partial charge in [0.05, 0.1) is 15.5 Å². The second-order valence-corrected chi connectivity index (χ2v) is 6.17. The minimum absolute atomic E-state index is 0.310. The molecule has 0 saturated heterocycles. The molecule has 0 atom stereocenters. The Bertz CT molecular complexity index is 937. The van der Waals surface area contributed by atoms with Crippen molar-refractivity contribution in [3.8, 4) is 22.5 Å². The Morgan fingerprint density at radius 1 is 0.826 bits per heavy atom. The molecule has 3 aromatic carbocycles. The molecule has 0 spiro atoms. The van der Waals surface area contributed by atoms with Crippen molar-refractivity contribution in [3.05, 3.63) is 77.0 Å². The summed E-state index contributed by atoms with van der Waals surface area (Å²) in [5, 5.41) is 0. The molecule has 23 heavy (non-hydrogen) atoms. The monoisotopic (exact) mass is 366 g/mol. The third-order valence-electron chi connectivity index (χ3n) is 3.79. The van der Waals surface area contributed by atoms with Crippen LogP contribution in [0.5, 0.6) is 0 Å². The van der Waals surface area contributed by atoms with Crippen molar-refractivity contribution in [2.45, 2.75) is 0 Å². The highest BCUT2D eigenvalue weighted by Gasteiger charge is 2.09. The normalized spacial score (nSPS) is 11.0. The van der Waals surface area contributed by atoms with E-state index in [2.05, 4.69) is 50.2 Å². The quantitative estimate of drug-likeness (QED) is 0.477. The molecule has 4 aromatic rings. The number of imidazole rings is 1. The van der Waals surface area contributed by atoms with Crippen LogP contribution in [0.25, 0.3) is 33.5 Å². The maximum absolute atomic E-state index is 13.6. The van der Waals surface area contributed by atoms with Gasteiger partial charge in [-0.15, -0.1) is 0 Å². The third-order valence-corrected chi connectivity index (χ3v) is 4.40. The Balaban J connectivity index is 1.73. The fourth-order valence-electron chi connectivity index (χ4n) is 2.59. The summed E-state index contributed by atoms with van der Waals surface area (Å²) in [6.07, 6.45) is 0. The molecule has 1 N–H and O–H groups in total. The van der Waals surface area contributed by atoms with E-state index in [-0.39, 0.29) is 5.82 Å². The highest BCUT2D eigenvalue weighted by atomic mass is 79.9. The first-order valence-electron chi connectivity index (χ1n) is 7.21. The molecule has 0 aliphatic heterocycles. The van der Waals surface area contributed by atoms with E-state index in [1.54, 1.807) is 6.07 Å². The van der Waals surface area contributed by atoms with Crippen LogP contribution in [0, 0.1) is 5.82 Å². The number of aromatic amines is 1. The van der Waals surface area contributed by atoms with Gasteiger partial charge in [-0.3, -0.25) is 0 Å². The smallest absolute Gasteiger partial charge is 0.139 e. The Kier molecular flexibility index (Phi) is 3.46. The molecule has 1 aromatic heterocycles. The molecule has 0 aliphatic carbocycles. The molecule has 4 heteroatoms. The van der Waals surface area contributed by atoms with Gasteiger partial charge >= 0.3 is 0 Å². The average Bonchev–Trinajstić information content (AvgIpc) is 2.99. The van der Waals surface area contributed by atoms with Crippen LogP contribution < -0.4 is 0 Å². The van der Waals surface area contributed by atoms with Gasteiger partial charge in [0.1, 0.15) is 11.6 Å². The summed E-state index contributed by atoms with van der Waals surface area (Å²) in [7, 11) is 0. The lowest BCUT2D eigenvalue weighted by Crippen LogP contribution is -1.81. The van der Waals surface area contributed by atoms with Crippen molar-refractivity contribution in [2.75, 3.05) is 0 Å². The Labute approximate surface area is 141 Å². The van der Waals surface area contributed by atoms with Gasteiger partial charge in [0.15, 0.2) is 0 Å². The number of benzene rings is 3. The van der Waals surface area contributed by atoms with Crippen molar-refractivity contribution in [2.24, 2.45) is 0 Å². The van der Waals surface area contributed by atoms with Gasteiger partial charge in [-0.2, -0.15) is 0 Å². The molecule has 0 aliphatic rings. The zero-order valence-corrected chi connectivity index (χ0v) is 13.6. The number of hydrogen-bond donors (Lipinski definition) is 1. The highest BCUT2D eigenvalue weighted by Crippen LogP contribution is 2.27. The molecule has 1 heterocycles. The number of fused-ring (bicyclic) bond motifs is 1. The van der Waals surface area contributed by atoms with Gasteiger partial charge in [-0.05, 0) is 33.1 Å². The second-order valence-electron chi connectivity index (χ2n) is 5.31. The first-order valence-corrected chi connectivity index (χ1v) is 8.00. The molecule has 4 rings (SSSR count). The molecule has 0 bridgehead atoms. The topological polar surface area (TPSA) is 28.7 Å². The van der Waals surface area contributed by atoms with Crippen molar-refractivity contribution in [3.63, 3.8) is 0 Å². The largest absolute Gasteiger partial charge is 0.338 e. The van der Waals surface area contributed by atoms with E-state index in [4.69, 9.17) is 0 Å². The van der Waals surface area contributed by atoms with Crippen LogP contribution in [-0.2, 0) is 0 Å². The summed E-state index contributed by atoms with van der Waals surface area (Å²) in [6.45, 7) is 0. The fourth-order valence-corrected chi connectivity index (χ4v) is 2.94. The minimum atomic E-state index is -0.310. The van der Waals surface area contributed by atoms with Crippen LogP contribution >= 0.6 is 15.9 Å². The molecular weight excluding hydrogens is 355 g/mol. The van der Waals surface area contributed by atoms with E-state index in [9.17, 15) is 4.39 Å². The summed E-state index contributed by atoms with van der Waals surface area (Å²) in [5.41, 5.74) is 4.72.